The van der Waals surface area contributed by atoms with Crippen LogP contribution >= 0.6 is 0 Å². The Kier molecular flexibility index (Phi) is 5.59. The third-order valence-corrected chi connectivity index (χ3v) is 3.61. The van der Waals surface area contributed by atoms with Crippen LogP contribution in [-0.4, -0.2) is 29.1 Å². The molecule has 0 aromatic carbocycles. The standard InChI is InChI=1S/C13H24N2O3/c1-10(4-5-12(17)18)9-15-11(16)8-13(14)6-2-3-7-13/h10H,2-9,14H2,1H3,(H,15,16)(H,17,18). The van der Waals surface area contributed by atoms with Gasteiger partial charge in [0.25, 0.3) is 0 Å². The maximum Gasteiger partial charge on any atom is 0.303 e. The molecule has 1 aliphatic carbocycles. The molecule has 5 heteroatoms. The van der Waals surface area contributed by atoms with Crippen LogP contribution < -0.4 is 11.1 Å². The number of hydrogen-bond donors (Lipinski definition) is 3. The van der Waals surface area contributed by atoms with Gasteiger partial charge in [0.05, 0.1) is 0 Å². The molecule has 1 saturated carbocycles. The third kappa shape index (κ3) is 5.49. The van der Waals surface area contributed by atoms with Crippen LogP contribution in [0.1, 0.15) is 51.9 Å². The van der Waals surface area contributed by atoms with Crippen LogP contribution in [0.3, 0.4) is 0 Å². The molecule has 0 aromatic heterocycles. The second kappa shape index (κ2) is 6.73. The van der Waals surface area contributed by atoms with E-state index in [0.717, 1.165) is 25.7 Å². The average molecular weight is 256 g/mol. The molecule has 1 fully saturated rings. The van der Waals surface area contributed by atoms with Crippen molar-refractivity contribution >= 4 is 11.9 Å². The molecule has 0 saturated heterocycles. The van der Waals surface area contributed by atoms with Gasteiger partial charge in [-0.2, -0.15) is 0 Å². The van der Waals surface area contributed by atoms with Gasteiger partial charge in [0, 0.05) is 24.9 Å². The van der Waals surface area contributed by atoms with Crippen LogP contribution in [0.2, 0.25) is 0 Å². The molecule has 0 bridgehead atoms. The minimum Gasteiger partial charge on any atom is -0.481 e. The van der Waals surface area contributed by atoms with Crippen molar-refractivity contribution in [3.05, 3.63) is 0 Å². The van der Waals surface area contributed by atoms with Crippen molar-refractivity contribution in [2.45, 2.75) is 57.4 Å². The number of carboxylic acids is 1. The van der Waals surface area contributed by atoms with Crippen molar-refractivity contribution in [2.24, 2.45) is 11.7 Å². The number of carboxylic acid groups (broad SMARTS) is 1. The van der Waals surface area contributed by atoms with Gasteiger partial charge in [-0.05, 0) is 25.2 Å². The number of hydrogen-bond acceptors (Lipinski definition) is 3. The second-order valence-corrected chi connectivity index (χ2v) is 5.59. The zero-order chi connectivity index (χ0) is 13.6. The average Bonchev–Trinajstić information content (AvgIpc) is 2.70. The summed E-state index contributed by atoms with van der Waals surface area (Å²) in [5, 5.41) is 11.4. The molecular formula is C13H24N2O3. The van der Waals surface area contributed by atoms with Crippen molar-refractivity contribution in [1.82, 2.24) is 5.32 Å². The Morgan fingerprint density at radius 3 is 2.56 bits per heavy atom. The minimum atomic E-state index is -0.792. The summed E-state index contributed by atoms with van der Waals surface area (Å²) in [4.78, 5) is 22.1. The Bertz CT molecular complexity index is 299. The largest absolute Gasteiger partial charge is 0.481 e. The summed E-state index contributed by atoms with van der Waals surface area (Å²) in [6.45, 7) is 2.47. The van der Waals surface area contributed by atoms with Gasteiger partial charge in [-0.15, -0.1) is 0 Å². The van der Waals surface area contributed by atoms with Crippen molar-refractivity contribution in [3.63, 3.8) is 0 Å². The van der Waals surface area contributed by atoms with E-state index in [-0.39, 0.29) is 23.8 Å². The molecule has 1 amide bonds. The molecule has 0 aromatic rings. The molecule has 0 heterocycles. The SMILES string of the molecule is CC(CCC(=O)O)CNC(=O)CC1(N)CCCC1. The molecule has 4 N–H and O–H groups in total. The minimum absolute atomic E-state index is 0.0124. The highest BCUT2D eigenvalue weighted by Crippen LogP contribution is 2.29. The highest BCUT2D eigenvalue weighted by molar-refractivity contribution is 5.77. The van der Waals surface area contributed by atoms with Crippen molar-refractivity contribution < 1.29 is 14.7 Å². The molecule has 104 valence electrons. The second-order valence-electron chi connectivity index (χ2n) is 5.59. The van der Waals surface area contributed by atoms with E-state index in [1.807, 2.05) is 6.92 Å². The van der Waals surface area contributed by atoms with Gasteiger partial charge in [0.2, 0.25) is 5.91 Å². The fourth-order valence-electron chi connectivity index (χ4n) is 2.40. The number of carbonyl (C=O) groups is 2. The lowest BCUT2D eigenvalue weighted by Gasteiger charge is -2.23. The highest BCUT2D eigenvalue weighted by atomic mass is 16.4. The van der Waals surface area contributed by atoms with Crippen LogP contribution in [-0.2, 0) is 9.59 Å². The quantitative estimate of drug-likeness (QED) is 0.639. The van der Waals surface area contributed by atoms with E-state index in [4.69, 9.17) is 10.8 Å². The first kappa shape index (κ1) is 15.0. The Hall–Kier alpha value is -1.10. The van der Waals surface area contributed by atoms with Crippen molar-refractivity contribution in [2.75, 3.05) is 6.54 Å². The number of nitrogens with one attached hydrogen (secondary N) is 1. The van der Waals surface area contributed by atoms with Crippen LogP contribution in [0, 0.1) is 5.92 Å². The summed E-state index contributed by atoms with van der Waals surface area (Å²) in [7, 11) is 0. The number of aliphatic carboxylic acids is 1. The molecule has 0 radical (unpaired) electrons. The molecule has 1 rings (SSSR count). The van der Waals surface area contributed by atoms with E-state index in [1.165, 1.54) is 0 Å². The number of rotatable bonds is 7. The summed E-state index contributed by atoms with van der Waals surface area (Å²) < 4.78 is 0. The molecule has 1 aliphatic rings. The molecule has 5 nitrogen and oxygen atoms in total. The van der Waals surface area contributed by atoms with Crippen LogP contribution in [0.4, 0.5) is 0 Å². The number of amides is 1. The van der Waals surface area contributed by atoms with Crippen LogP contribution in [0.15, 0.2) is 0 Å². The molecule has 0 aliphatic heterocycles. The first-order valence-corrected chi connectivity index (χ1v) is 6.69. The van der Waals surface area contributed by atoms with Crippen molar-refractivity contribution in [3.8, 4) is 0 Å². The zero-order valence-corrected chi connectivity index (χ0v) is 11.1. The predicted molar refractivity (Wildman–Crippen MR) is 69.0 cm³/mol. The van der Waals surface area contributed by atoms with E-state index in [1.54, 1.807) is 0 Å². The smallest absolute Gasteiger partial charge is 0.303 e. The van der Waals surface area contributed by atoms with Gasteiger partial charge in [-0.1, -0.05) is 19.8 Å². The number of carbonyl (C=O) groups excluding carboxylic acids is 1. The third-order valence-electron chi connectivity index (χ3n) is 3.61. The summed E-state index contributed by atoms with van der Waals surface area (Å²) in [5.41, 5.74) is 5.82. The summed E-state index contributed by atoms with van der Waals surface area (Å²) in [6.07, 6.45) is 5.20. The predicted octanol–water partition coefficient (Wildman–Crippen LogP) is 1.27. The maximum absolute atomic E-state index is 11.7. The monoisotopic (exact) mass is 256 g/mol. The Morgan fingerprint density at radius 1 is 1.39 bits per heavy atom. The van der Waals surface area contributed by atoms with Gasteiger partial charge in [-0.3, -0.25) is 9.59 Å². The molecular weight excluding hydrogens is 232 g/mol. The fraction of sp³-hybridized carbons (Fsp3) is 0.846. The topological polar surface area (TPSA) is 92.4 Å². The summed E-state index contributed by atoms with van der Waals surface area (Å²) in [6, 6.07) is 0. The highest BCUT2D eigenvalue weighted by Gasteiger charge is 2.31. The fourth-order valence-corrected chi connectivity index (χ4v) is 2.40. The van der Waals surface area contributed by atoms with E-state index < -0.39 is 5.97 Å². The first-order valence-electron chi connectivity index (χ1n) is 6.69. The van der Waals surface area contributed by atoms with E-state index in [9.17, 15) is 9.59 Å². The van der Waals surface area contributed by atoms with Gasteiger partial charge in [0.15, 0.2) is 0 Å². The maximum atomic E-state index is 11.7. The summed E-state index contributed by atoms with van der Waals surface area (Å²) >= 11 is 0. The van der Waals surface area contributed by atoms with E-state index in [2.05, 4.69) is 5.32 Å². The molecule has 0 spiro atoms. The lowest BCUT2D eigenvalue weighted by Crippen LogP contribution is -2.42. The normalized spacial score (nSPS) is 19.4. The van der Waals surface area contributed by atoms with E-state index in [0.29, 0.717) is 19.4 Å². The van der Waals surface area contributed by atoms with Gasteiger partial charge in [0.1, 0.15) is 0 Å². The summed E-state index contributed by atoms with van der Waals surface area (Å²) in [5.74, 6) is -0.621. The molecule has 1 unspecified atom stereocenters. The van der Waals surface area contributed by atoms with Crippen molar-refractivity contribution in [1.29, 1.82) is 0 Å². The van der Waals surface area contributed by atoms with Crippen LogP contribution in [0.5, 0.6) is 0 Å². The lowest BCUT2D eigenvalue weighted by molar-refractivity contribution is -0.137. The Balaban J connectivity index is 2.18. The zero-order valence-electron chi connectivity index (χ0n) is 11.1. The molecule has 1 atom stereocenters. The van der Waals surface area contributed by atoms with E-state index >= 15 is 0 Å². The Morgan fingerprint density at radius 2 is 2.00 bits per heavy atom. The van der Waals surface area contributed by atoms with Crippen LogP contribution in [0.25, 0.3) is 0 Å². The molecule has 18 heavy (non-hydrogen) atoms. The number of nitrogens with two attached hydrogens (primary N) is 1. The first-order chi connectivity index (χ1) is 8.41. The Labute approximate surface area is 108 Å². The van der Waals surface area contributed by atoms with Gasteiger partial charge >= 0.3 is 5.97 Å². The van der Waals surface area contributed by atoms with Gasteiger partial charge in [-0.25, -0.2) is 0 Å². The van der Waals surface area contributed by atoms with Gasteiger partial charge < -0.3 is 16.2 Å². The lowest BCUT2D eigenvalue weighted by atomic mass is 9.94.